The first-order chi connectivity index (χ1) is 13.5. The first-order valence-corrected chi connectivity index (χ1v) is 9.39. The normalized spacial score (nSPS) is 14.0. The fourth-order valence-corrected chi connectivity index (χ4v) is 3.12. The first-order valence-electron chi connectivity index (χ1n) is 9.39. The molecule has 3 rings (SSSR count). The summed E-state index contributed by atoms with van der Waals surface area (Å²) in [7, 11) is 1.59. The molecule has 0 N–H and O–H groups in total. The average molecular weight is 382 g/mol. The summed E-state index contributed by atoms with van der Waals surface area (Å²) in [5, 5.41) is 0. The van der Waals surface area contributed by atoms with E-state index in [1.165, 1.54) is 5.56 Å². The van der Waals surface area contributed by atoms with Crippen molar-refractivity contribution in [2.75, 3.05) is 39.9 Å². The largest absolute Gasteiger partial charge is 0.497 e. The lowest BCUT2D eigenvalue weighted by Gasteiger charge is -2.34. The zero-order valence-electron chi connectivity index (χ0n) is 16.6. The summed E-state index contributed by atoms with van der Waals surface area (Å²) in [6, 6.07) is 12.9. The van der Waals surface area contributed by atoms with Gasteiger partial charge in [0.1, 0.15) is 11.5 Å². The number of ether oxygens (including phenoxy) is 2. The summed E-state index contributed by atoms with van der Waals surface area (Å²) < 4.78 is 10.8. The van der Waals surface area contributed by atoms with Crippen LogP contribution < -0.4 is 9.47 Å². The molecule has 0 atom stereocenters. The summed E-state index contributed by atoms with van der Waals surface area (Å²) >= 11 is 0. The van der Waals surface area contributed by atoms with Gasteiger partial charge in [0.15, 0.2) is 6.61 Å². The van der Waals surface area contributed by atoms with Crippen molar-refractivity contribution in [1.29, 1.82) is 0 Å². The first kappa shape index (κ1) is 19.7. The molecule has 6 nitrogen and oxygen atoms in total. The molecule has 2 aromatic rings. The molecule has 28 heavy (non-hydrogen) atoms. The van der Waals surface area contributed by atoms with Gasteiger partial charge >= 0.3 is 0 Å². The summed E-state index contributed by atoms with van der Waals surface area (Å²) in [6.07, 6.45) is 0. The van der Waals surface area contributed by atoms with E-state index in [-0.39, 0.29) is 18.4 Å². The van der Waals surface area contributed by atoms with Crippen molar-refractivity contribution in [2.24, 2.45) is 0 Å². The van der Waals surface area contributed by atoms with Crippen LogP contribution in [0.3, 0.4) is 0 Å². The number of methoxy groups -OCH3 is 1. The number of hydrogen-bond donors (Lipinski definition) is 0. The summed E-state index contributed by atoms with van der Waals surface area (Å²) in [4.78, 5) is 28.5. The number of carbonyl (C=O) groups excluding carboxylic acids is 2. The minimum atomic E-state index is -0.0604. The lowest BCUT2D eigenvalue weighted by molar-refractivity contribution is -0.134. The van der Waals surface area contributed by atoms with Gasteiger partial charge in [-0.2, -0.15) is 0 Å². The monoisotopic (exact) mass is 382 g/mol. The molecule has 1 fully saturated rings. The van der Waals surface area contributed by atoms with Gasteiger partial charge in [0.2, 0.25) is 0 Å². The van der Waals surface area contributed by atoms with Crippen molar-refractivity contribution in [3.8, 4) is 11.5 Å². The molecule has 1 aliphatic heterocycles. The lowest BCUT2D eigenvalue weighted by atomic mass is 10.1. The van der Waals surface area contributed by atoms with Gasteiger partial charge in [-0.1, -0.05) is 6.07 Å². The van der Waals surface area contributed by atoms with Crippen LogP contribution in [-0.2, 0) is 4.79 Å². The van der Waals surface area contributed by atoms with Gasteiger partial charge in [0.05, 0.1) is 7.11 Å². The number of nitrogens with zero attached hydrogens (tertiary/aromatic N) is 2. The molecule has 0 aromatic heterocycles. The fraction of sp³-hybridized carbons (Fsp3) is 0.364. The number of hydrogen-bond acceptors (Lipinski definition) is 4. The maximum atomic E-state index is 12.6. The Labute approximate surface area is 165 Å². The summed E-state index contributed by atoms with van der Waals surface area (Å²) in [5.41, 5.74) is 2.95. The molecule has 1 aliphatic rings. The Morgan fingerprint density at radius 2 is 1.46 bits per heavy atom. The minimum absolute atomic E-state index is 0.00886. The van der Waals surface area contributed by atoms with Crippen molar-refractivity contribution in [3.63, 3.8) is 0 Å². The molecule has 0 bridgehead atoms. The molecule has 6 heteroatoms. The van der Waals surface area contributed by atoms with Crippen LogP contribution in [0.25, 0.3) is 0 Å². The Morgan fingerprint density at radius 3 is 2.07 bits per heavy atom. The summed E-state index contributed by atoms with van der Waals surface area (Å²) in [5.74, 6) is 1.33. The van der Waals surface area contributed by atoms with Gasteiger partial charge < -0.3 is 19.3 Å². The second kappa shape index (κ2) is 8.78. The van der Waals surface area contributed by atoms with E-state index in [1.54, 1.807) is 41.2 Å². The van der Waals surface area contributed by atoms with Crippen molar-refractivity contribution in [2.45, 2.75) is 13.8 Å². The van der Waals surface area contributed by atoms with E-state index >= 15 is 0 Å². The molecule has 2 amide bonds. The maximum Gasteiger partial charge on any atom is 0.260 e. The number of benzene rings is 2. The third kappa shape index (κ3) is 4.63. The Balaban J connectivity index is 1.49. The third-order valence-corrected chi connectivity index (χ3v) is 5.10. The van der Waals surface area contributed by atoms with Gasteiger partial charge in [-0.25, -0.2) is 0 Å². The standard InChI is InChI=1S/C22H26N2O4/c1-16-4-7-20(14-17(16)2)28-15-21(25)23-10-12-24(13-11-23)22(26)18-5-8-19(27-3)9-6-18/h4-9,14H,10-13,15H2,1-3H3. The molecule has 1 saturated heterocycles. The molecule has 0 radical (unpaired) electrons. The van der Waals surface area contributed by atoms with Gasteiger partial charge in [0.25, 0.3) is 11.8 Å². The van der Waals surface area contributed by atoms with E-state index in [0.717, 1.165) is 11.3 Å². The topological polar surface area (TPSA) is 59.1 Å². The quantitative estimate of drug-likeness (QED) is 0.798. The second-order valence-electron chi connectivity index (χ2n) is 6.94. The zero-order valence-corrected chi connectivity index (χ0v) is 16.6. The molecule has 1 heterocycles. The highest BCUT2D eigenvalue weighted by Crippen LogP contribution is 2.17. The third-order valence-electron chi connectivity index (χ3n) is 5.10. The van der Waals surface area contributed by atoms with Crippen LogP contribution in [0, 0.1) is 13.8 Å². The molecule has 2 aromatic carbocycles. The van der Waals surface area contributed by atoms with Crippen LogP contribution >= 0.6 is 0 Å². The van der Waals surface area contributed by atoms with E-state index in [1.807, 2.05) is 32.0 Å². The predicted octanol–water partition coefficient (Wildman–Crippen LogP) is 2.68. The minimum Gasteiger partial charge on any atom is -0.497 e. The SMILES string of the molecule is COc1ccc(C(=O)N2CCN(C(=O)COc3ccc(C)c(C)c3)CC2)cc1. The van der Waals surface area contributed by atoms with E-state index in [9.17, 15) is 9.59 Å². The van der Waals surface area contributed by atoms with Crippen LogP contribution in [-0.4, -0.2) is 61.5 Å². The van der Waals surface area contributed by atoms with Crippen molar-refractivity contribution < 1.29 is 19.1 Å². The number of carbonyl (C=O) groups is 2. The van der Waals surface area contributed by atoms with Crippen molar-refractivity contribution >= 4 is 11.8 Å². The molecule has 0 spiro atoms. The fourth-order valence-electron chi connectivity index (χ4n) is 3.12. The number of amides is 2. The number of piperazine rings is 1. The highest BCUT2D eigenvalue weighted by atomic mass is 16.5. The molecule has 0 unspecified atom stereocenters. The van der Waals surface area contributed by atoms with E-state index < -0.39 is 0 Å². The summed E-state index contributed by atoms with van der Waals surface area (Å²) in [6.45, 7) is 6.11. The van der Waals surface area contributed by atoms with Crippen LogP contribution in [0.4, 0.5) is 0 Å². The highest BCUT2D eigenvalue weighted by Gasteiger charge is 2.25. The zero-order chi connectivity index (χ0) is 20.1. The van der Waals surface area contributed by atoms with Crippen LogP contribution in [0.2, 0.25) is 0 Å². The molecule has 0 saturated carbocycles. The second-order valence-corrected chi connectivity index (χ2v) is 6.94. The average Bonchev–Trinajstić information content (AvgIpc) is 2.74. The van der Waals surface area contributed by atoms with Crippen molar-refractivity contribution in [1.82, 2.24) is 9.80 Å². The van der Waals surface area contributed by atoms with E-state index in [2.05, 4.69) is 0 Å². The van der Waals surface area contributed by atoms with Gasteiger partial charge in [0, 0.05) is 31.7 Å². The smallest absolute Gasteiger partial charge is 0.260 e. The predicted molar refractivity (Wildman–Crippen MR) is 107 cm³/mol. The van der Waals surface area contributed by atoms with Crippen molar-refractivity contribution in [3.05, 3.63) is 59.2 Å². The van der Waals surface area contributed by atoms with E-state index in [0.29, 0.717) is 37.5 Å². The van der Waals surface area contributed by atoms with E-state index in [4.69, 9.17) is 9.47 Å². The lowest BCUT2D eigenvalue weighted by Crippen LogP contribution is -2.51. The Morgan fingerprint density at radius 1 is 0.857 bits per heavy atom. The maximum absolute atomic E-state index is 12.6. The number of rotatable bonds is 5. The van der Waals surface area contributed by atoms with Crippen LogP contribution in [0.1, 0.15) is 21.5 Å². The Bertz CT molecular complexity index is 840. The van der Waals surface area contributed by atoms with Gasteiger partial charge in [-0.3, -0.25) is 9.59 Å². The molecule has 0 aliphatic carbocycles. The number of aryl methyl sites for hydroxylation is 2. The van der Waals surface area contributed by atoms with Gasteiger partial charge in [-0.15, -0.1) is 0 Å². The molecular weight excluding hydrogens is 356 g/mol. The molecular formula is C22H26N2O4. The Kier molecular flexibility index (Phi) is 6.19. The van der Waals surface area contributed by atoms with Gasteiger partial charge in [-0.05, 0) is 61.4 Å². The van der Waals surface area contributed by atoms with Crippen LogP contribution in [0.5, 0.6) is 11.5 Å². The Hall–Kier alpha value is -3.02. The van der Waals surface area contributed by atoms with Crippen LogP contribution in [0.15, 0.2) is 42.5 Å². The molecule has 148 valence electrons. The highest BCUT2D eigenvalue weighted by molar-refractivity contribution is 5.94.